The average Bonchev–Trinajstić information content (AvgIpc) is 3.19. The zero-order chi connectivity index (χ0) is 16.2. The Balaban J connectivity index is 1.39. The van der Waals surface area contributed by atoms with Gasteiger partial charge in [-0.25, -0.2) is 14.8 Å². The van der Waals surface area contributed by atoms with Crippen LogP contribution in [0.1, 0.15) is 26.6 Å². The average molecular weight is 314 g/mol. The number of hydrogen-bond acceptors (Lipinski definition) is 4. The third kappa shape index (κ3) is 2.51. The summed E-state index contributed by atoms with van der Waals surface area (Å²) in [4.78, 5) is 23.0. The van der Waals surface area contributed by atoms with Crippen LogP contribution in [-0.4, -0.2) is 46.2 Å². The van der Waals surface area contributed by atoms with Gasteiger partial charge in [0, 0.05) is 30.3 Å². The molecular weight excluding hydrogens is 292 g/mol. The number of nitrogens with one attached hydrogen (secondary N) is 1. The van der Waals surface area contributed by atoms with Gasteiger partial charge in [-0.15, -0.1) is 0 Å². The van der Waals surface area contributed by atoms with Crippen molar-refractivity contribution in [2.24, 2.45) is 11.8 Å². The molecule has 6 nitrogen and oxygen atoms in total. The van der Waals surface area contributed by atoms with Gasteiger partial charge in [-0.2, -0.15) is 0 Å². The van der Waals surface area contributed by atoms with Crippen LogP contribution in [0.4, 0.5) is 10.5 Å². The van der Waals surface area contributed by atoms with E-state index >= 15 is 0 Å². The van der Waals surface area contributed by atoms with Gasteiger partial charge in [0.1, 0.15) is 5.82 Å². The number of rotatable bonds is 1. The molecule has 23 heavy (non-hydrogen) atoms. The van der Waals surface area contributed by atoms with Crippen LogP contribution in [0.2, 0.25) is 0 Å². The lowest BCUT2D eigenvalue weighted by Gasteiger charge is -2.20. The molecule has 4 unspecified atom stereocenters. The predicted molar refractivity (Wildman–Crippen MR) is 86.1 cm³/mol. The van der Waals surface area contributed by atoms with Crippen LogP contribution in [0.5, 0.6) is 0 Å². The standard InChI is InChI=1S/C17H22N4O2/c1-17(2,3)15-18-6-10(7-19-15)20-16(22)21-8-11-12(9-21)14-5-4-13(11)23-14/h4-7,11-14H,8-9H2,1-3H3,(H,20,22). The van der Waals surface area contributed by atoms with Crippen LogP contribution in [0.15, 0.2) is 24.5 Å². The van der Waals surface area contributed by atoms with Gasteiger partial charge in [-0.05, 0) is 0 Å². The molecule has 0 spiro atoms. The Kier molecular flexibility index (Phi) is 3.20. The highest BCUT2D eigenvalue weighted by Gasteiger charge is 2.51. The van der Waals surface area contributed by atoms with Gasteiger partial charge in [-0.1, -0.05) is 32.9 Å². The van der Waals surface area contributed by atoms with Gasteiger partial charge >= 0.3 is 6.03 Å². The Hall–Kier alpha value is -1.95. The Morgan fingerprint density at radius 2 is 1.74 bits per heavy atom. The maximum absolute atomic E-state index is 12.5. The molecule has 3 aliphatic heterocycles. The lowest BCUT2D eigenvalue weighted by Crippen LogP contribution is -2.35. The van der Waals surface area contributed by atoms with E-state index in [1.54, 1.807) is 12.4 Å². The third-order valence-corrected chi connectivity index (χ3v) is 4.92. The lowest BCUT2D eigenvalue weighted by molar-refractivity contribution is 0.0892. The molecule has 4 heterocycles. The lowest BCUT2D eigenvalue weighted by atomic mass is 9.86. The Morgan fingerprint density at radius 3 is 2.26 bits per heavy atom. The molecule has 0 aromatic carbocycles. The van der Waals surface area contributed by atoms with Gasteiger partial charge in [0.2, 0.25) is 0 Å². The van der Waals surface area contributed by atoms with Crippen LogP contribution >= 0.6 is 0 Å². The van der Waals surface area contributed by atoms with Crippen LogP contribution in [-0.2, 0) is 10.2 Å². The first-order valence-corrected chi connectivity index (χ1v) is 8.14. The fourth-order valence-corrected chi connectivity index (χ4v) is 3.68. The summed E-state index contributed by atoms with van der Waals surface area (Å²) in [5, 5.41) is 2.90. The number of urea groups is 1. The fourth-order valence-electron chi connectivity index (χ4n) is 3.68. The number of likely N-dealkylation sites (tertiary alicyclic amines) is 1. The minimum atomic E-state index is -0.0960. The van der Waals surface area contributed by atoms with E-state index < -0.39 is 0 Å². The summed E-state index contributed by atoms with van der Waals surface area (Å²) in [5.41, 5.74) is 0.540. The van der Waals surface area contributed by atoms with Crippen LogP contribution in [0, 0.1) is 11.8 Å². The quantitative estimate of drug-likeness (QED) is 0.807. The van der Waals surface area contributed by atoms with E-state index in [9.17, 15) is 4.79 Å². The summed E-state index contributed by atoms with van der Waals surface area (Å²) in [5.74, 6) is 1.65. The number of ether oxygens (including phenoxy) is 1. The van der Waals surface area contributed by atoms with Crippen molar-refractivity contribution in [1.82, 2.24) is 14.9 Å². The molecule has 6 heteroatoms. The molecule has 4 atom stereocenters. The van der Waals surface area contributed by atoms with E-state index in [4.69, 9.17) is 4.74 Å². The largest absolute Gasteiger partial charge is 0.366 e. The van der Waals surface area contributed by atoms with Crippen molar-refractivity contribution >= 4 is 11.7 Å². The molecule has 0 saturated carbocycles. The van der Waals surface area contributed by atoms with Gasteiger partial charge in [-0.3, -0.25) is 0 Å². The number of carbonyl (C=O) groups excluding carboxylic acids is 1. The van der Waals surface area contributed by atoms with Crippen LogP contribution < -0.4 is 5.32 Å². The predicted octanol–water partition coefficient (Wildman–Crippen LogP) is 2.19. The molecule has 1 aromatic rings. The number of aromatic nitrogens is 2. The van der Waals surface area contributed by atoms with Crippen molar-refractivity contribution < 1.29 is 9.53 Å². The van der Waals surface area contributed by atoms with Crippen molar-refractivity contribution in [3.63, 3.8) is 0 Å². The molecular formula is C17H22N4O2. The molecule has 0 radical (unpaired) electrons. The van der Waals surface area contributed by atoms with Crippen molar-refractivity contribution in [3.8, 4) is 0 Å². The summed E-state index contributed by atoms with van der Waals surface area (Å²) in [7, 11) is 0. The zero-order valence-electron chi connectivity index (χ0n) is 13.7. The van der Waals surface area contributed by atoms with Crippen LogP contribution in [0.3, 0.4) is 0 Å². The third-order valence-electron chi connectivity index (χ3n) is 4.92. The normalized spacial score (nSPS) is 31.5. The van der Waals surface area contributed by atoms with Gasteiger partial charge in [0.05, 0.1) is 30.3 Å². The molecule has 1 N–H and O–H groups in total. The number of nitrogens with zero attached hydrogens (tertiary/aromatic N) is 3. The fraction of sp³-hybridized carbons (Fsp3) is 0.588. The summed E-state index contributed by atoms with van der Waals surface area (Å²) in [6.07, 6.45) is 8.00. The van der Waals surface area contributed by atoms with Crippen molar-refractivity contribution in [3.05, 3.63) is 30.4 Å². The first-order chi connectivity index (χ1) is 10.9. The summed E-state index contributed by atoms with van der Waals surface area (Å²) >= 11 is 0. The highest BCUT2D eigenvalue weighted by Crippen LogP contribution is 2.43. The monoisotopic (exact) mass is 314 g/mol. The van der Waals surface area contributed by atoms with E-state index in [2.05, 4.69) is 48.2 Å². The highest BCUT2D eigenvalue weighted by molar-refractivity contribution is 5.89. The molecule has 1 aromatic heterocycles. The van der Waals surface area contributed by atoms with Crippen LogP contribution in [0.25, 0.3) is 0 Å². The zero-order valence-corrected chi connectivity index (χ0v) is 13.7. The summed E-state index contributed by atoms with van der Waals surface area (Å²) in [6.45, 7) is 7.70. The topological polar surface area (TPSA) is 67.4 Å². The number of anilines is 1. The maximum Gasteiger partial charge on any atom is 0.321 e. The minimum Gasteiger partial charge on any atom is -0.366 e. The van der Waals surface area contributed by atoms with E-state index in [-0.39, 0.29) is 23.7 Å². The van der Waals surface area contributed by atoms with E-state index in [1.807, 2.05) is 4.90 Å². The van der Waals surface area contributed by atoms with E-state index in [0.717, 1.165) is 18.9 Å². The number of amides is 2. The van der Waals surface area contributed by atoms with Crippen molar-refractivity contribution in [2.45, 2.75) is 38.4 Å². The molecule has 122 valence electrons. The second-order valence-electron chi connectivity index (χ2n) is 7.66. The second kappa shape index (κ2) is 5.03. The molecule has 4 rings (SSSR count). The number of hydrogen-bond donors (Lipinski definition) is 1. The molecule has 2 saturated heterocycles. The summed E-state index contributed by atoms with van der Waals surface area (Å²) < 4.78 is 5.84. The SMILES string of the molecule is CC(C)(C)c1ncc(NC(=O)N2CC3C4C=CC(O4)C3C2)cn1. The summed E-state index contributed by atoms with van der Waals surface area (Å²) in [6, 6.07) is -0.0779. The molecule has 3 aliphatic rings. The Labute approximate surface area is 135 Å². The smallest absolute Gasteiger partial charge is 0.321 e. The van der Waals surface area contributed by atoms with Gasteiger partial charge in [0.15, 0.2) is 0 Å². The second-order valence-corrected chi connectivity index (χ2v) is 7.66. The van der Waals surface area contributed by atoms with E-state index in [0.29, 0.717) is 17.5 Å². The molecule has 0 aliphatic carbocycles. The van der Waals surface area contributed by atoms with Gasteiger partial charge < -0.3 is 15.0 Å². The Bertz CT molecular complexity index is 630. The maximum atomic E-state index is 12.5. The van der Waals surface area contributed by atoms with Gasteiger partial charge in [0.25, 0.3) is 0 Å². The molecule has 2 bridgehead atoms. The van der Waals surface area contributed by atoms with E-state index in [1.165, 1.54) is 0 Å². The number of carbonyl (C=O) groups is 1. The number of fused-ring (bicyclic) bond motifs is 5. The first-order valence-electron chi connectivity index (χ1n) is 8.14. The molecule has 2 amide bonds. The minimum absolute atomic E-state index is 0.0779. The van der Waals surface area contributed by atoms with Crippen molar-refractivity contribution in [2.75, 3.05) is 18.4 Å². The molecule has 2 fully saturated rings. The first kappa shape index (κ1) is 14.6. The Morgan fingerprint density at radius 1 is 1.17 bits per heavy atom. The highest BCUT2D eigenvalue weighted by atomic mass is 16.5. The van der Waals surface area contributed by atoms with Crippen molar-refractivity contribution in [1.29, 1.82) is 0 Å².